The maximum atomic E-state index is 9.77. The number of hydrogen-bond acceptors (Lipinski definition) is 5. The Morgan fingerprint density at radius 2 is 1.95 bits per heavy atom. The monoisotopic (exact) mass is 296 g/mol. The molecule has 0 bridgehead atoms. The van der Waals surface area contributed by atoms with Crippen LogP contribution in [0.3, 0.4) is 0 Å². The lowest BCUT2D eigenvalue weighted by atomic mass is 9.92. The molecule has 0 amide bonds. The highest BCUT2D eigenvalue weighted by atomic mass is 16.5. The third kappa shape index (κ3) is 4.59. The first-order valence-corrected chi connectivity index (χ1v) is 7.46. The number of likely N-dealkylation sites (N-methyl/N-ethyl adjacent to an activating group) is 1. The Kier molecular flexibility index (Phi) is 6.95. The second-order valence-electron chi connectivity index (χ2n) is 5.33. The van der Waals surface area contributed by atoms with E-state index >= 15 is 0 Å². The minimum absolute atomic E-state index is 0.0286. The summed E-state index contributed by atoms with van der Waals surface area (Å²) >= 11 is 0. The van der Waals surface area contributed by atoms with Crippen LogP contribution in [0.2, 0.25) is 0 Å². The molecule has 0 aliphatic rings. The van der Waals surface area contributed by atoms with Gasteiger partial charge in [-0.3, -0.25) is 0 Å². The summed E-state index contributed by atoms with van der Waals surface area (Å²) in [5.74, 6) is 0.516. The van der Waals surface area contributed by atoms with E-state index in [1.165, 1.54) is 7.11 Å². The van der Waals surface area contributed by atoms with Crippen molar-refractivity contribution in [1.29, 1.82) is 0 Å². The molecule has 3 N–H and O–H groups in total. The number of aliphatic hydroxyl groups is 1. The Labute approximate surface area is 127 Å². The Bertz CT molecular complexity index is 436. The molecular formula is C16H28N2O3. The first-order chi connectivity index (χ1) is 10.0. The van der Waals surface area contributed by atoms with Crippen LogP contribution >= 0.6 is 0 Å². The molecule has 5 nitrogen and oxygen atoms in total. The quantitative estimate of drug-likeness (QED) is 0.645. The number of aromatic hydroxyl groups is 1. The standard InChI is InChI=1S/C16H28N2O3/c1-5-18(6-2)10-9-17-16(3,12-19)13-7-8-14(20)15(11-13)21-4/h7-8,11,17,19-20H,5-6,9-10,12H2,1-4H3. The average Bonchev–Trinajstić information content (AvgIpc) is 2.51. The van der Waals surface area contributed by atoms with Gasteiger partial charge in [0.05, 0.1) is 19.3 Å². The fraction of sp³-hybridized carbons (Fsp3) is 0.625. The lowest BCUT2D eigenvalue weighted by Gasteiger charge is -2.31. The second-order valence-corrected chi connectivity index (χ2v) is 5.33. The van der Waals surface area contributed by atoms with Gasteiger partial charge >= 0.3 is 0 Å². The number of phenolic OH excluding ortho intramolecular Hbond substituents is 1. The van der Waals surface area contributed by atoms with E-state index in [1.807, 2.05) is 6.92 Å². The van der Waals surface area contributed by atoms with Crippen LogP contribution < -0.4 is 10.1 Å². The van der Waals surface area contributed by atoms with Crippen molar-refractivity contribution >= 4 is 0 Å². The zero-order valence-electron chi connectivity index (χ0n) is 13.5. The second kappa shape index (κ2) is 8.22. The van der Waals surface area contributed by atoms with Crippen molar-refractivity contribution in [3.05, 3.63) is 23.8 Å². The molecule has 0 fully saturated rings. The smallest absolute Gasteiger partial charge is 0.160 e. The van der Waals surface area contributed by atoms with Crippen LogP contribution in [-0.4, -0.2) is 55.0 Å². The van der Waals surface area contributed by atoms with E-state index < -0.39 is 5.54 Å². The molecule has 1 rings (SSSR count). The number of benzene rings is 1. The molecule has 0 aliphatic carbocycles. The molecular weight excluding hydrogens is 268 g/mol. The lowest BCUT2D eigenvalue weighted by molar-refractivity contribution is 0.168. The van der Waals surface area contributed by atoms with E-state index in [-0.39, 0.29) is 12.4 Å². The van der Waals surface area contributed by atoms with E-state index in [1.54, 1.807) is 18.2 Å². The fourth-order valence-corrected chi connectivity index (χ4v) is 2.30. The summed E-state index contributed by atoms with van der Waals surface area (Å²) in [5.41, 5.74) is 0.327. The van der Waals surface area contributed by atoms with Crippen LogP contribution in [0.4, 0.5) is 0 Å². The number of hydrogen-bond donors (Lipinski definition) is 3. The average molecular weight is 296 g/mol. The zero-order valence-corrected chi connectivity index (χ0v) is 13.5. The minimum atomic E-state index is -0.561. The van der Waals surface area contributed by atoms with Crippen LogP contribution in [0, 0.1) is 0 Å². The number of methoxy groups -OCH3 is 1. The van der Waals surface area contributed by atoms with Crippen molar-refractivity contribution in [2.24, 2.45) is 0 Å². The highest BCUT2D eigenvalue weighted by Gasteiger charge is 2.26. The molecule has 0 saturated carbocycles. The van der Waals surface area contributed by atoms with Gasteiger partial charge in [0.15, 0.2) is 11.5 Å². The highest BCUT2D eigenvalue weighted by molar-refractivity contribution is 5.44. The number of nitrogens with zero attached hydrogens (tertiary/aromatic N) is 1. The van der Waals surface area contributed by atoms with Gasteiger partial charge in [0.25, 0.3) is 0 Å². The lowest BCUT2D eigenvalue weighted by Crippen LogP contribution is -2.46. The van der Waals surface area contributed by atoms with Gasteiger partial charge in [-0.2, -0.15) is 0 Å². The van der Waals surface area contributed by atoms with Crippen molar-refractivity contribution in [3.63, 3.8) is 0 Å². The van der Waals surface area contributed by atoms with E-state index in [2.05, 4.69) is 24.1 Å². The predicted octanol–water partition coefficient (Wildman–Crippen LogP) is 1.54. The van der Waals surface area contributed by atoms with E-state index in [0.29, 0.717) is 5.75 Å². The first kappa shape index (κ1) is 17.8. The summed E-state index contributed by atoms with van der Waals surface area (Å²) in [5, 5.41) is 22.8. The number of aliphatic hydroxyl groups excluding tert-OH is 1. The molecule has 0 heterocycles. The third-order valence-corrected chi connectivity index (χ3v) is 3.97. The first-order valence-electron chi connectivity index (χ1n) is 7.46. The molecule has 0 aliphatic heterocycles. The summed E-state index contributed by atoms with van der Waals surface area (Å²) in [6.45, 7) is 9.93. The van der Waals surface area contributed by atoms with Gasteiger partial charge in [0.2, 0.25) is 0 Å². The topological polar surface area (TPSA) is 65.0 Å². The van der Waals surface area contributed by atoms with Crippen molar-refractivity contribution in [1.82, 2.24) is 10.2 Å². The number of rotatable bonds is 9. The molecule has 1 unspecified atom stereocenters. The molecule has 21 heavy (non-hydrogen) atoms. The normalized spacial score (nSPS) is 14.2. The van der Waals surface area contributed by atoms with Crippen LogP contribution in [0.1, 0.15) is 26.3 Å². The van der Waals surface area contributed by atoms with Gasteiger partial charge < -0.3 is 25.2 Å². The molecule has 0 aromatic heterocycles. The van der Waals surface area contributed by atoms with Crippen LogP contribution in [0.5, 0.6) is 11.5 Å². The van der Waals surface area contributed by atoms with Gasteiger partial charge in [-0.25, -0.2) is 0 Å². The maximum Gasteiger partial charge on any atom is 0.160 e. The summed E-state index contributed by atoms with van der Waals surface area (Å²) < 4.78 is 5.14. The summed E-state index contributed by atoms with van der Waals surface area (Å²) in [6, 6.07) is 5.16. The van der Waals surface area contributed by atoms with E-state index in [0.717, 1.165) is 31.7 Å². The Balaban J connectivity index is 2.79. The van der Waals surface area contributed by atoms with Crippen LogP contribution in [0.15, 0.2) is 18.2 Å². The third-order valence-electron chi connectivity index (χ3n) is 3.97. The molecule has 1 aromatic rings. The Morgan fingerprint density at radius 1 is 1.29 bits per heavy atom. The van der Waals surface area contributed by atoms with Crippen molar-refractivity contribution in [2.45, 2.75) is 26.3 Å². The van der Waals surface area contributed by atoms with Gasteiger partial charge in [-0.1, -0.05) is 19.9 Å². The van der Waals surface area contributed by atoms with Crippen LogP contribution in [-0.2, 0) is 5.54 Å². The summed E-state index contributed by atoms with van der Waals surface area (Å²) in [6.07, 6.45) is 0. The van der Waals surface area contributed by atoms with Gasteiger partial charge in [0.1, 0.15) is 0 Å². The molecule has 0 spiro atoms. The molecule has 0 radical (unpaired) electrons. The minimum Gasteiger partial charge on any atom is -0.504 e. The summed E-state index contributed by atoms with van der Waals surface area (Å²) in [7, 11) is 1.52. The Morgan fingerprint density at radius 3 is 2.48 bits per heavy atom. The van der Waals surface area contributed by atoms with E-state index in [9.17, 15) is 10.2 Å². The molecule has 1 aromatic carbocycles. The predicted molar refractivity (Wildman–Crippen MR) is 84.9 cm³/mol. The fourth-order valence-electron chi connectivity index (χ4n) is 2.30. The van der Waals surface area contributed by atoms with Crippen LogP contribution in [0.25, 0.3) is 0 Å². The molecule has 0 saturated heterocycles. The Hall–Kier alpha value is -1.30. The molecule has 1 atom stereocenters. The zero-order chi connectivity index (χ0) is 15.9. The van der Waals surface area contributed by atoms with Gasteiger partial charge in [-0.15, -0.1) is 0 Å². The van der Waals surface area contributed by atoms with Gasteiger partial charge in [-0.05, 0) is 37.7 Å². The maximum absolute atomic E-state index is 9.77. The van der Waals surface area contributed by atoms with Crippen molar-refractivity contribution in [2.75, 3.05) is 39.9 Å². The van der Waals surface area contributed by atoms with Gasteiger partial charge in [0, 0.05) is 13.1 Å². The largest absolute Gasteiger partial charge is 0.504 e. The molecule has 120 valence electrons. The SMILES string of the molecule is CCN(CC)CCNC(C)(CO)c1ccc(O)c(OC)c1. The van der Waals surface area contributed by atoms with Crippen molar-refractivity contribution in [3.8, 4) is 11.5 Å². The van der Waals surface area contributed by atoms with E-state index in [4.69, 9.17) is 4.74 Å². The number of ether oxygens (including phenoxy) is 1. The number of phenols is 1. The van der Waals surface area contributed by atoms with Crippen molar-refractivity contribution < 1.29 is 14.9 Å². The number of nitrogens with one attached hydrogen (secondary N) is 1. The molecule has 5 heteroatoms. The summed E-state index contributed by atoms with van der Waals surface area (Å²) in [4.78, 5) is 2.32. The highest BCUT2D eigenvalue weighted by Crippen LogP contribution is 2.31.